The van der Waals surface area contributed by atoms with Crippen molar-refractivity contribution in [3.05, 3.63) is 42.2 Å². The van der Waals surface area contributed by atoms with Gasteiger partial charge in [-0.05, 0) is 30.5 Å². The Kier molecular flexibility index (Phi) is 10.1. The number of carbonyl (C=O) groups is 1. The zero-order valence-corrected chi connectivity index (χ0v) is 13.2. The third-order valence-corrected chi connectivity index (χ3v) is 3.43. The Balaban J connectivity index is 1.99. The number of amides is 1. The highest BCUT2D eigenvalue weighted by Crippen LogP contribution is 2.08. The molecule has 0 aliphatic rings. The van der Waals surface area contributed by atoms with Crippen LogP contribution < -0.4 is 5.32 Å². The number of rotatable bonds is 11. The lowest BCUT2D eigenvalue weighted by atomic mass is 10.1. The molecule has 1 amide bonds. The first kappa shape index (κ1) is 17.4. The fraction of sp³-hybridized carbons (Fsp3) is 0.556. The van der Waals surface area contributed by atoms with Gasteiger partial charge in [0.25, 0.3) is 0 Å². The van der Waals surface area contributed by atoms with Crippen molar-refractivity contribution < 1.29 is 4.79 Å². The third kappa shape index (κ3) is 9.83. The van der Waals surface area contributed by atoms with E-state index < -0.39 is 0 Å². The van der Waals surface area contributed by atoms with E-state index in [4.69, 9.17) is 0 Å². The van der Waals surface area contributed by atoms with Gasteiger partial charge in [-0.3, -0.25) is 9.78 Å². The number of aromatic nitrogens is 1. The number of pyridine rings is 1. The smallest absolute Gasteiger partial charge is 0.243 e. The highest BCUT2D eigenvalue weighted by atomic mass is 16.1. The molecule has 0 aliphatic heterocycles. The van der Waals surface area contributed by atoms with E-state index in [1.165, 1.54) is 44.9 Å². The lowest BCUT2D eigenvalue weighted by Crippen LogP contribution is -2.20. The SMILES string of the molecule is CCCCCCCCC/C=C\C(=O)NCc1cccnc1. The van der Waals surface area contributed by atoms with Crippen LogP contribution in [0.5, 0.6) is 0 Å². The molecule has 21 heavy (non-hydrogen) atoms. The lowest BCUT2D eigenvalue weighted by Gasteiger charge is -2.01. The summed E-state index contributed by atoms with van der Waals surface area (Å²) in [6.45, 7) is 2.78. The van der Waals surface area contributed by atoms with Gasteiger partial charge in [-0.1, -0.05) is 57.6 Å². The minimum absolute atomic E-state index is 0.0261. The van der Waals surface area contributed by atoms with Crippen LogP contribution >= 0.6 is 0 Å². The molecule has 0 atom stereocenters. The Hall–Kier alpha value is -1.64. The van der Waals surface area contributed by atoms with Crippen LogP contribution in [0, 0.1) is 0 Å². The number of unbranched alkanes of at least 4 members (excludes halogenated alkanes) is 7. The van der Waals surface area contributed by atoms with Crippen LogP contribution in [0.2, 0.25) is 0 Å². The zero-order chi connectivity index (χ0) is 15.2. The quantitative estimate of drug-likeness (QED) is 0.484. The van der Waals surface area contributed by atoms with E-state index >= 15 is 0 Å². The van der Waals surface area contributed by atoms with Crippen LogP contribution in [0.1, 0.15) is 63.9 Å². The highest BCUT2D eigenvalue weighted by Gasteiger charge is 1.96. The Morgan fingerprint density at radius 2 is 1.95 bits per heavy atom. The van der Waals surface area contributed by atoms with E-state index in [0.29, 0.717) is 6.54 Å². The molecular weight excluding hydrogens is 260 g/mol. The second-order valence-corrected chi connectivity index (χ2v) is 5.39. The molecule has 0 fully saturated rings. The summed E-state index contributed by atoms with van der Waals surface area (Å²) in [5.74, 6) is -0.0261. The maximum absolute atomic E-state index is 11.6. The second kappa shape index (κ2) is 12.1. The molecule has 1 rings (SSSR count). The summed E-state index contributed by atoms with van der Waals surface area (Å²) >= 11 is 0. The molecule has 3 nitrogen and oxygen atoms in total. The number of nitrogens with one attached hydrogen (secondary N) is 1. The molecule has 1 heterocycles. The molecule has 1 N–H and O–H groups in total. The van der Waals surface area contributed by atoms with Crippen molar-refractivity contribution in [2.24, 2.45) is 0 Å². The van der Waals surface area contributed by atoms with Gasteiger partial charge in [0.2, 0.25) is 5.91 Å². The number of hydrogen-bond donors (Lipinski definition) is 1. The van der Waals surface area contributed by atoms with Crippen molar-refractivity contribution in [3.8, 4) is 0 Å². The molecule has 0 aromatic carbocycles. The van der Waals surface area contributed by atoms with Gasteiger partial charge in [-0.2, -0.15) is 0 Å². The highest BCUT2D eigenvalue weighted by molar-refractivity contribution is 5.87. The monoisotopic (exact) mass is 288 g/mol. The van der Waals surface area contributed by atoms with Crippen molar-refractivity contribution in [3.63, 3.8) is 0 Å². The standard InChI is InChI=1S/C18H28N2O/c1-2-3-4-5-6-7-8-9-10-13-18(21)20-16-17-12-11-14-19-15-17/h10-15H,2-9,16H2,1H3,(H,20,21)/b13-10-. The summed E-state index contributed by atoms with van der Waals surface area (Å²) in [5, 5.41) is 2.86. The van der Waals surface area contributed by atoms with Gasteiger partial charge < -0.3 is 5.32 Å². The predicted molar refractivity (Wildman–Crippen MR) is 87.8 cm³/mol. The number of carbonyl (C=O) groups excluding carboxylic acids is 1. The molecule has 0 radical (unpaired) electrons. The van der Waals surface area contributed by atoms with Crippen LogP contribution in [0.4, 0.5) is 0 Å². The zero-order valence-electron chi connectivity index (χ0n) is 13.2. The average Bonchev–Trinajstić information content (AvgIpc) is 2.52. The van der Waals surface area contributed by atoms with Crippen LogP contribution in [0.3, 0.4) is 0 Å². The maximum atomic E-state index is 11.6. The van der Waals surface area contributed by atoms with Gasteiger partial charge in [0.15, 0.2) is 0 Å². The van der Waals surface area contributed by atoms with Gasteiger partial charge in [0.1, 0.15) is 0 Å². The van der Waals surface area contributed by atoms with Crippen LogP contribution in [0.25, 0.3) is 0 Å². The fourth-order valence-corrected chi connectivity index (χ4v) is 2.16. The van der Waals surface area contributed by atoms with E-state index in [0.717, 1.165) is 12.0 Å². The molecular formula is C18H28N2O. The maximum Gasteiger partial charge on any atom is 0.243 e. The molecule has 116 valence electrons. The summed E-state index contributed by atoms with van der Waals surface area (Å²) in [6, 6.07) is 3.83. The summed E-state index contributed by atoms with van der Waals surface area (Å²) < 4.78 is 0. The van der Waals surface area contributed by atoms with Crippen molar-refractivity contribution in [1.29, 1.82) is 0 Å². The molecule has 0 aliphatic carbocycles. The third-order valence-electron chi connectivity index (χ3n) is 3.43. The van der Waals surface area contributed by atoms with E-state index in [9.17, 15) is 4.79 Å². The molecule has 0 saturated carbocycles. The van der Waals surface area contributed by atoms with Gasteiger partial charge >= 0.3 is 0 Å². The molecule has 1 aromatic rings. The summed E-state index contributed by atoms with van der Waals surface area (Å²) in [6.07, 6.45) is 17.3. The molecule has 3 heteroatoms. The van der Waals surface area contributed by atoms with Crippen LogP contribution in [0.15, 0.2) is 36.7 Å². The van der Waals surface area contributed by atoms with E-state index in [1.807, 2.05) is 18.2 Å². The first-order valence-electron chi connectivity index (χ1n) is 8.16. The Labute approximate surface area is 128 Å². The number of nitrogens with zero attached hydrogens (tertiary/aromatic N) is 1. The Morgan fingerprint density at radius 3 is 2.67 bits per heavy atom. The van der Waals surface area contributed by atoms with Crippen LogP contribution in [-0.4, -0.2) is 10.9 Å². The minimum Gasteiger partial charge on any atom is -0.348 e. The van der Waals surface area contributed by atoms with Gasteiger partial charge in [0, 0.05) is 18.9 Å². The van der Waals surface area contributed by atoms with Crippen molar-refractivity contribution in [2.45, 2.75) is 64.8 Å². The fourth-order valence-electron chi connectivity index (χ4n) is 2.16. The van der Waals surface area contributed by atoms with E-state index in [2.05, 4.69) is 17.2 Å². The Morgan fingerprint density at radius 1 is 1.19 bits per heavy atom. The molecule has 0 unspecified atom stereocenters. The summed E-state index contributed by atoms with van der Waals surface area (Å²) in [4.78, 5) is 15.6. The van der Waals surface area contributed by atoms with Crippen molar-refractivity contribution in [1.82, 2.24) is 10.3 Å². The van der Waals surface area contributed by atoms with E-state index in [1.54, 1.807) is 18.5 Å². The molecule has 0 spiro atoms. The average molecular weight is 288 g/mol. The van der Waals surface area contributed by atoms with Crippen LogP contribution in [-0.2, 0) is 11.3 Å². The summed E-state index contributed by atoms with van der Waals surface area (Å²) in [5.41, 5.74) is 1.02. The number of allylic oxidation sites excluding steroid dienone is 1. The first-order chi connectivity index (χ1) is 10.3. The number of hydrogen-bond acceptors (Lipinski definition) is 2. The van der Waals surface area contributed by atoms with Gasteiger partial charge in [0.05, 0.1) is 0 Å². The largest absolute Gasteiger partial charge is 0.348 e. The first-order valence-corrected chi connectivity index (χ1v) is 8.16. The second-order valence-electron chi connectivity index (χ2n) is 5.39. The molecule has 0 saturated heterocycles. The van der Waals surface area contributed by atoms with Gasteiger partial charge in [-0.25, -0.2) is 0 Å². The normalized spacial score (nSPS) is 10.9. The predicted octanol–water partition coefficient (Wildman–Crippen LogP) is 4.39. The van der Waals surface area contributed by atoms with Crippen molar-refractivity contribution in [2.75, 3.05) is 0 Å². The Bertz CT molecular complexity index is 401. The lowest BCUT2D eigenvalue weighted by molar-refractivity contribution is -0.116. The summed E-state index contributed by atoms with van der Waals surface area (Å²) in [7, 11) is 0. The minimum atomic E-state index is -0.0261. The molecule has 1 aromatic heterocycles. The topological polar surface area (TPSA) is 42.0 Å². The molecule has 0 bridgehead atoms. The van der Waals surface area contributed by atoms with E-state index in [-0.39, 0.29) is 5.91 Å². The van der Waals surface area contributed by atoms with Gasteiger partial charge in [-0.15, -0.1) is 0 Å². The van der Waals surface area contributed by atoms with Crippen molar-refractivity contribution >= 4 is 5.91 Å².